The number of allylic oxidation sites excluding steroid dienone is 1. The summed E-state index contributed by atoms with van der Waals surface area (Å²) in [7, 11) is 3.54. The molecular formula is C23H36O4. The lowest BCUT2D eigenvalue weighted by Gasteiger charge is -2.54. The SMILES string of the molecule is COC1(OC)CCC2=C(CC[C@@H]3[C@@H]2CC[C@@]2(C)[C@H]3CC[C@@]2(O)C=CCO)C1. The standard InChI is InChI=1S/C23H36O4/c1-21-11-7-18-17-8-13-23(26-2,27-3)15-16(17)5-6-19(18)20(21)9-12-22(21,25)10-4-14-24/h4,10,18-20,24-25H,5-9,11-15H2,1-3H3/t18-,19-,20+,21+,22+/m1/s1. The summed E-state index contributed by atoms with van der Waals surface area (Å²) in [6.07, 6.45) is 13.2. The van der Waals surface area contributed by atoms with E-state index in [0.29, 0.717) is 17.8 Å². The molecule has 4 aliphatic rings. The van der Waals surface area contributed by atoms with Crippen LogP contribution in [-0.4, -0.2) is 42.4 Å². The summed E-state index contributed by atoms with van der Waals surface area (Å²) in [5, 5.41) is 20.6. The second-order valence-corrected chi connectivity index (χ2v) is 9.54. The first kappa shape index (κ1) is 19.6. The van der Waals surface area contributed by atoms with Crippen molar-refractivity contribution in [3.05, 3.63) is 23.3 Å². The van der Waals surface area contributed by atoms with Gasteiger partial charge in [-0.25, -0.2) is 0 Å². The maximum atomic E-state index is 11.4. The van der Waals surface area contributed by atoms with Gasteiger partial charge >= 0.3 is 0 Å². The van der Waals surface area contributed by atoms with E-state index in [1.807, 2.05) is 6.08 Å². The molecule has 2 N–H and O–H groups in total. The van der Waals surface area contributed by atoms with Crippen LogP contribution >= 0.6 is 0 Å². The molecule has 4 heteroatoms. The Balaban J connectivity index is 1.59. The Labute approximate surface area is 163 Å². The number of aliphatic hydroxyl groups is 2. The van der Waals surface area contributed by atoms with Gasteiger partial charge in [0.15, 0.2) is 5.79 Å². The van der Waals surface area contributed by atoms with Crippen LogP contribution in [0.4, 0.5) is 0 Å². The molecule has 2 fully saturated rings. The molecule has 5 atom stereocenters. The van der Waals surface area contributed by atoms with Crippen molar-refractivity contribution in [2.24, 2.45) is 23.2 Å². The van der Waals surface area contributed by atoms with Gasteiger partial charge in [-0.2, -0.15) is 0 Å². The minimum atomic E-state index is -0.756. The number of hydrogen-bond donors (Lipinski definition) is 2. The number of fused-ring (bicyclic) bond motifs is 4. The van der Waals surface area contributed by atoms with Gasteiger partial charge in [-0.1, -0.05) is 30.2 Å². The van der Waals surface area contributed by atoms with Gasteiger partial charge in [-0.15, -0.1) is 0 Å². The molecule has 4 nitrogen and oxygen atoms in total. The Morgan fingerprint density at radius 2 is 1.85 bits per heavy atom. The van der Waals surface area contributed by atoms with Crippen LogP contribution in [0, 0.1) is 23.2 Å². The molecule has 2 saturated carbocycles. The smallest absolute Gasteiger partial charge is 0.171 e. The normalized spacial score (nSPS) is 43.5. The molecular weight excluding hydrogens is 340 g/mol. The summed E-state index contributed by atoms with van der Waals surface area (Å²) in [5.74, 6) is 1.53. The van der Waals surface area contributed by atoms with Gasteiger partial charge in [0.25, 0.3) is 0 Å². The number of aliphatic hydroxyl groups excluding tert-OH is 1. The fourth-order valence-corrected chi connectivity index (χ4v) is 7.19. The fraction of sp³-hybridized carbons (Fsp3) is 0.826. The van der Waals surface area contributed by atoms with E-state index in [1.54, 1.807) is 31.4 Å². The Kier molecular flexibility index (Phi) is 5.07. The molecule has 4 rings (SSSR count). The van der Waals surface area contributed by atoms with Gasteiger partial charge in [0.1, 0.15) is 0 Å². The summed E-state index contributed by atoms with van der Waals surface area (Å²) < 4.78 is 11.5. The Bertz CT molecular complexity index is 634. The predicted molar refractivity (Wildman–Crippen MR) is 105 cm³/mol. The average molecular weight is 377 g/mol. The summed E-state index contributed by atoms with van der Waals surface area (Å²) in [5.41, 5.74) is 2.46. The molecule has 0 saturated heterocycles. The Hall–Kier alpha value is -0.680. The molecule has 0 unspecified atom stereocenters. The van der Waals surface area contributed by atoms with Gasteiger partial charge < -0.3 is 19.7 Å². The van der Waals surface area contributed by atoms with Gasteiger partial charge in [-0.3, -0.25) is 0 Å². The van der Waals surface area contributed by atoms with Crippen LogP contribution in [-0.2, 0) is 9.47 Å². The molecule has 0 amide bonds. The highest BCUT2D eigenvalue weighted by atomic mass is 16.7. The molecule has 0 aromatic rings. The van der Waals surface area contributed by atoms with Gasteiger partial charge in [0.2, 0.25) is 0 Å². The molecule has 152 valence electrons. The third-order valence-corrected chi connectivity index (χ3v) is 8.83. The molecule has 0 bridgehead atoms. The quantitative estimate of drug-likeness (QED) is 0.576. The monoisotopic (exact) mass is 376 g/mol. The zero-order chi connectivity index (χ0) is 19.3. The first-order valence-electron chi connectivity index (χ1n) is 10.7. The maximum absolute atomic E-state index is 11.4. The van der Waals surface area contributed by atoms with Crippen molar-refractivity contribution in [2.75, 3.05) is 20.8 Å². The molecule has 0 aromatic carbocycles. The van der Waals surface area contributed by atoms with E-state index in [9.17, 15) is 10.2 Å². The van der Waals surface area contributed by atoms with Crippen molar-refractivity contribution in [3.8, 4) is 0 Å². The van der Waals surface area contributed by atoms with Crippen LogP contribution in [0.25, 0.3) is 0 Å². The molecule has 0 aliphatic heterocycles. The van der Waals surface area contributed by atoms with Gasteiger partial charge in [-0.05, 0) is 62.7 Å². The zero-order valence-corrected chi connectivity index (χ0v) is 17.2. The third kappa shape index (κ3) is 2.87. The molecule has 0 heterocycles. The number of ether oxygens (including phenoxy) is 2. The van der Waals surface area contributed by atoms with E-state index in [0.717, 1.165) is 44.9 Å². The fourth-order valence-electron chi connectivity index (χ4n) is 7.19. The summed E-state index contributed by atoms with van der Waals surface area (Å²) >= 11 is 0. The van der Waals surface area contributed by atoms with Crippen LogP contribution in [0.5, 0.6) is 0 Å². The lowest BCUT2D eigenvalue weighted by molar-refractivity contribution is -0.213. The highest BCUT2D eigenvalue weighted by Gasteiger charge is 2.61. The number of hydrogen-bond acceptors (Lipinski definition) is 4. The van der Waals surface area contributed by atoms with Crippen molar-refractivity contribution in [2.45, 2.75) is 76.1 Å². The molecule has 0 spiro atoms. The number of methoxy groups -OCH3 is 2. The van der Waals surface area contributed by atoms with Crippen LogP contribution in [0.15, 0.2) is 23.3 Å². The van der Waals surface area contributed by atoms with Gasteiger partial charge in [0.05, 0.1) is 12.2 Å². The first-order valence-corrected chi connectivity index (χ1v) is 10.7. The van der Waals surface area contributed by atoms with E-state index in [2.05, 4.69) is 6.92 Å². The lowest BCUT2D eigenvalue weighted by atomic mass is 9.52. The Morgan fingerprint density at radius 3 is 2.56 bits per heavy atom. The highest BCUT2D eigenvalue weighted by molar-refractivity contribution is 5.29. The zero-order valence-electron chi connectivity index (χ0n) is 17.2. The van der Waals surface area contributed by atoms with Crippen molar-refractivity contribution >= 4 is 0 Å². The molecule has 27 heavy (non-hydrogen) atoms. The maximum Gasteiger partial charge on any atom is 0.171 e. The topological polar surface area (TPSA) is 58.9 Å². The summed E-state index contributed by atoms with van der Waals surface area (Å²) in [6.45, 7) is 2.31. The highest BCUT2D eigenvalue weighted by Crippen LogP contribution is 2.65. The number of rotatable bonds is 4. The molecule has 4 aliphatic carbocycles. The van der Waals surface area contributed by atoms with Crippen molar-refractivity contribution in [1.29, 1.82) is 0 Å². The van der Waals surface area contributed by atoms with Gasteiger partial charge in [0, 0.05) is 32.5 Å². The van der Waals surface area contributed by atoms with Crippen molar-refractivity contribution < 1.29 is 19.7 Å². The van der Waals surface area contributed by atoms with E-state index in [1.165, 1.54) is 12.8 Å². The predicted octanol–water partition coefficient (Wildman–Crippen LogP) is 3.97. The largest absolute Gasteiger partial charge is 0.392 e. The average Bonchev–Trinajstić information content (AvgIpc) is 2.97. The van der Waals surface area contributed by atoms with E-state index in [-0.39, 0.29) is 12.0 Å². The second kappa shape index (κ2) is 6.98. The van der Waals surface area contributed by atoms with E-state index in [4.69, 9.17) is 9.47 Å². The minimum absolute atomic E-state index is 0.00606. The third-order valence-electron chi connectivity index (χ3n) is 8.83. The van der Waals surface area contributed by atoms with Crippen LogP contribution in [0.3, 0.4) is 0 Å². The lowest BCUT2D eigenvalue weighted by Crippen LogP contribution is -2.51. The van der Waals surface area contributed by atoms with E-state index >= 15 is 0 Å². The minimum Gasteiger partial charge on any atom is -0.392 e. The molecule has 0 radical (unpaired) electrons. The van der Waals surface area contributed by atoms with E-state index < -0.39 is 11.4 Å². The summed E-state index contributed by atoms with van der Waals surface area (Å²) in [6, 6.07) is 0. The summed E-state index contributed by atoms with van der Waals surface area (Å²) in [4.78, 5) is 0. The van der Waals surface area contributed by atoms with Crippen LogP contribution in [0.1, 0.15) is 64.7 Å². The van der Waals surface area contributed by atoms with Crippen molar-refractivity contribution in [1.82, 2.24) is 0 Å². The van der Waals surface area contributed by atoms with Crippen molar-refractivity contribution in [3.63, 3.8) is 0 Å². The Morgan fingerprint density at radius 1 is 1.07 bits per heavy atom. The van der Waals surface area contributed by atoms with Crippen LogP contribution in [0.2, 0.25) is 0 Å². The van der Waals surface area contributed by atoms with Crippen LogP contribution < -0.4 is 0 Å². The first-order chi connectivity index (χ1) is 12.9. The molecule has 0 aromatic heterocycles. The second-order valence-electron chi connectivity index (χ2n) is 9.54.